The lowest BCUT2D eigenvalue weighted by Crippen LogP contribution is -2.34. The van der Waals surface area contributed by atoms with Gasteiger partial charge in [-0.1, -0.05) is 42.5 Å². The highest BCUT2D eigenvalue weighted by Gasteiger charge is 2.22. The first kappa shape index (κ1) is 19.6. The molecule has 2 heterocycles. The summed E-state index contributed by atoms with van der Waals surface area (Å²) >= 11 is 0. The number of para-hydroxylation sites is 1. The third-order valence-electron chi connectivity index (χ3n) is 4.91. The predicted octanol–water partition coefficient (Wildman–Crippen LogP) is 1.32. The van der Waals surface area contributed by atoms with Crippen molar-refractivity contribution in [2.45, 2.75) is 13.5 Å². The number of H-pyrrole nitrogens is 1. The van der Waals surface area contributed by atoms with Gasteiger partial charge >= 0.3 is 7.12 Å². The number of fused-ring (bicyclic) bond motifs is 1. The Hall–Kier alpha value is -3.69. The maximum absolute atomic E-state index is 11.8. The summed E-state index contributed by atoms with van der Waals surface area (Å²) in [7, 11) is -1.72. The fourth-order valence-corrected chi connectivity index (χ4v) is 3.46. The van der Waals surface area contributed by atoms with Gasteiger partial charge in [0.05, 0.1) is 11.1 Å². The minimum Gasteiger partial charge on any atom is -0.423 e. The van der Waals surface area contributed by atoms with Gasteiger partial charge in [-0.05, 0) is 18.6 Å². The van der Waals surface area contributed by atoms with Crippen LogP contribution in [0.3, 0.4) is 0 Å². The number of aryl methyl sites for hydroxylation is 1. The molecule has 150 valence electrons. The van der Waals surface area contributed by atoms with Crippen LogP contribution in [-0.4, -0.2) is 38.0 Å². The van der Waals surface area contributed by atoms with Gasteiger partial charge in [0, 0.05) is 34.8 Å². The third kappa shape index (κ3) is 3.63. The summed E-state index contributed by atoms with van der Waals surface area (Å²) in [6.07, 6.45) is 1.39. The third-order valence-corrected chi connectivity index (χ3v) is 4.91. The number of benzene rings is 2. The number of nitrogens with one attached hydrogen (secondary N) is 2. The predicted molar refractivity (Wildman–Crippen MR) is 116 cm³/mol. The summed E-state index contributed by atoms with van der Waals surface area (Å²) in [5.41, 5.74) is 9.17. The number of aromatic amines is 1. The number of nitrogens with zero attached hydrogens (tertiary/aromatic N) is 2. The number of anilines is 1. The standard InChI is InChI=1S/C21H20BN5O3/c1-12-17(14-8-5-9-15(19(23)28)18(14)26-12)21-25-11-16(22(29)30)20(27-21)24-10-13-6-3-2-4-7-13/h2-9,11,26,29-30H,10H2,1H3,(H2,23,28)(H,24,25,27). The zero-order chi connectivity index (χ0) is 21.3. The van der Waals surface area contributed by atoms with E-state index in [9.17, 15) is 14.8 Å². The van der Waals surface area contributed by atoms with Gasteiger partial charge < -0.3 is 26.1 Å². The SMILES string of the molecule is Cc1[nH]c2c(C(N)=O)cccc2c1-c1ncc(B(O)O)c(NCc2ccccc2)n1. The molecular formula is C21H20BN5O3. The van der Waals surface area contributed by atoms with E-state index >= 15 is 0 Å². The highest BCUT2D eigenvalue weighted by atomic mass is 16.4. The van der Waals surface area contributed by atoms with Gasteiger partial charge in [0.25, 0.3) is 5.91 Å². The van der Waals surface area contributed by atoms with Gasteiger partial charge in [0.1, 0.15) is 5.82 Å². The quantitative estimate of drug-likeness (QED) is 0.309. The second-order valence-electron chi connectivity index (χ2n) is 6.93. The van der Waals surface area contributed by atoms with E-state index in [2.05, 4.69) is 20.3 Å². The number of amides is 1. The summed E-state index contributed by atoms with van der Waals surface area (Å²) in [6.45, 7) is 2.31. The number of rotatable bonds is 6. The molecule has 0 atom stereocenters. The molecule has 0 fully saturated rings. The molecule has 2 aromatic carbocycles. The molecule has 4 rings (SSSR count). The number of nitrogens with two attached hydrogens (primary N) is 1. The van der Waals surface area contributed by atoms with E-state index in [1.165, 1.54) is 6.20 Å². The van der Waals surface area contributed by atoms with Crippen LogP contribution >= 0.6 is 0 Å². The van der Waals surface area contributed by atoms with Crippen LogP contribution in [0.4, 0.5) is 5.82 Å². The van der Waals surface area contributed by atoms with Crippen molar-refractivity contribution in [2.24, 2.45) is 5.73 Å². The van der Waals surface area contributed by atoms with Crippen molar-refractivity contribution in [1.29, 1.82) is 0 Å². The van der Waals surface area contributed by atoms with Crippen molar-refractivity contribution in [2.75, 3.05) is 5.32 Å². The van der Waals surface area contributed by atoms with Crippen LogP contribution in [0.25, 0.3) is 22.3 Å². The fraction of sp³-hybridized carbons (Fsp3) is 0.0952. The van der Waals surface area contributed by atoms with E-state index in [0.29, 0.717) is 29.3 Å². The van der Waals surface area contributed by atoms with Crippen molar-refractivity contribution in [3.8, 4) is 11.4 Å². The Bertz CT molecular complexity index is 1220. The van der Waals surface area contributed by atoms with E-state index < -0.39 is 13.0 Å². The fourth-order valence-electron chi connectivity index (χ4n) is 3.46. The Morgan fingerprint density at radius 3 is 2.63 bits per heavy atom. The Balaban J connectivity index is 1.79. The second-order valence-corrected chi connectivity index (χ2v) is 6.93. The van der Waals surface area contributed by atoms with Crippen molar-refractivity contribution >= 4 is 35.2 Å². The molecule has 0 saturated heterocycles. The lowest BCUT2D eigenvalue weighted by atomic mass is 9.81. The molecule has 8 nitrogen and oxygen atoms in total. The molecule has 0 bridgehead atoms. The first-order valence-electron chi connectivity index (χ1n) is 9.38. The lowest BCUT2D eigenvalue weighted by Gasteiger charge is -2.12. The van der Waals surface area contributed by atoms with E-state index in [0.717, 1.165) is 22.2 Å². The monoisotopic (exact) mass is 401 g/mol. The van der Waals surface area contributed by atoms with Crippen LogP contribution in [0.5, 0.6) is 0 Å². The summed E-state index contributed by atoms with van der Waals surface area (Å²) in [6, 6.07) is 15.0. The molecule has 4 aromatic rings. The van der Waals surface area contributed by atoms with E-state index in [1.807, 2.05) is 43.3 Å². The number of primary amides is 1. The van der Waals surface area contributed by atoms with Crippen molar-refractivity contribution in [1.82, 2.24) is 15.0 Å². The maximum Gasteiger partial charge on any atom is 0.493 e. The summed E-state index contributed by atoms with van der Waals surface area (Å²) in [5, 5.41) is 23.4. The van der Waals surface area contributed by atoms with Gasteiger partial charge in [-0.25, -0.2) is 9.97 Å². The number of carbonyl (C=O) groups excluding carboxylic acids is 1. The first-order valence-corrected chi connectivity index (χ1v) is 9.38. The van der Waals surface area contributed by atoms with Crippen LogP contribution in [0.15, 0.2) is 54.7 Å². The lowest BCUT2D eigenvalue weighted by molar-refractivity contribution is 0.100. The average Bonchev–Trinajstić information content (AvgIpc) is 3.08. The number of hydrogen-bond acceptors (Lipinski definition) is 6. The Kier molecular flexibility index (Phi) is 5.22. The molecule has 30 heavy (non-hydrogen) atoms. The molecule has 0 aliphatic carbocycles. The average molecular weight is 401 g/mol. The molecule has 0 saturated carbocycles. The minimum absolute atomic E-state index is 0.171. The Labute approximate surface area is 173 Å². The molecule has 0 aliphatic heterocycles. The Morgan fingerprint density at radius 2 is 1.93 bits per heavy atom. The van der Waals surface area contributed by atoms with Gasteiger partial charge in [-0.2, -0.15) is 0 Å². The van der Waals surface area contributed by atoms with Gasteiger partial charge in [-0.15, -0.1) is 0 Å². The molecular weight excluding hydrogens is 381 g/mol. The van der Waals surface area contributed by atoms with Crippen LogP contribution in [0, 0.1) is 6.92 Å². The highest BCUT2D eigenvalue weighted by molar-refractivity contribution is 6.60. The number of aromatic nitrogens is 3. The molecule has 9 heteroatoms. The summed E-state index contributed by atoms with van der Waals surface area (Å²) in [4.78, 5) is 23.9. The van der Waals surface area contributed by atoms with Crippen LogP contribution in [0.2, 0.25) is 0 Å². The largest absolute Gasteiger partial charge is 0.493 e. The summed E-state index contributed by atoms with van der Waals surface area (Å²) < 4.78 is 0. The minimum atomic E-state index is -1.72. The van der Waals surface area contributed by atoms with Gasteiger partial charge in [0.15, 0.2) is 5.82 Å². The molecule has 0 aliphatic rings. The zero-order valence-electron chi connectivity index (χ0n) is 16.3. The molecule has 0 unspecified atom stereocenters. The number of carbonyl (C=O) groups is 1. The van der Waals surface area contributed by atoms with Crippen LogP contribution < -0.4 is 16.5 Å². The molecule has 0 spiro atoms. The van der Waals surface area contributed by atoms with Crippen LogP contribution in [0.1, 0.15) is 21.6 Å². The van der Waals surface area contributed by atoms with Crippen molar-refractivity contribution in [3.63, 3.8) is 0 Å². The zero-order valence-corrected chi connectivity index (χ0v) is 16.3. The Morgan fingerprint density at radius 1 is 1.17 bits per heavy atom. The molecule has 0 radical (unpaired) electrons. The van der Waals surface area contributed by atoms with Crippen molar-refractivity contribution < 1.29 is 14.8 Å². The highest BCUT2D eigenvalue weighted by Crippen LogP contribution is 2.31. The van der Waals surface area contributed by atoms with Gasteiger partial charge in [0.2, 0.25) is 0 Å². The topological polar surface area (TPSA) is 137 Å². The van der Waals surface area contributed by atoms with E-state index in [4.69, 9.17) is 5.73 Å². The summed E-state index contributed by atoms with van der Waals surface area (Å²) in [5.74, 6) is 0.178. The van der Waals surface area contributed by atoms with Crippen LogP contribution in [-0.2, 0) is 6.54 Å². The van der Waals surface area contributed by atoms with Crippen molar-refractivity contribution in [3.05, 3.63) is 71.5 Å². The number of hydrogen-bond donors (Lipinski definition) is 5. The normalized spacial score (nSPS) is 10.9. The maximum atomic E-state index is 11.8. The van der Waals surface area contributed by atoms with E-state index in [-0.39, 0.29) is 5.46 Å². The first-order chi connectivity index (χ1) is 14.5. The second kappa shape index (κ2) is 7.98. The molecule has 6 N–H and O–H groups in total. The molecule has 1 amide bonds. The van der Waals surface area contributed by atoms with Gasteiger partial charge in [-0.3, -0.25) is 4.79 Å². The smallest absolute Gasteiger partial charge is 0.423 e. The molecule has 2 aromatic heterocycles. The van der Waals surface area contributed by atoms with E-state index in [1.54, 1.807) is 12.1 Å².